The number of benzene rings is 2. The highest BCUT2D eigenvalue weighted by Gasteiger charge is 2.15. The molecule has 7 nitrogen and oxygen atoms in total. The van der Waals surface area contributed by atoms with Crippen molar-refractivity contribution in [2.75, 3.05) is 12.4 Å². The van der Waals surface area contributed by atoms with Crippen LogP contribution in [-0.2, 0) is 6.42 Å². The Morgan fingerprint density at radius 1 is 1.11 bits per heavy atom. The molecule has 1 amide bonds. The van der Waals surface area contributed by atoms with Crippen molar-refractivity contribution in [3.8, 4) is 17.1 Å². The number of hydrogen-bond acceptors (Lipinski definition) is 6. The van der Waals surface area contributed by atoms with Gasteiger partial charge in [-0.15, -0.1) is 16.4 Å². The van der Waals surface area contributed by atoms with Crippen molar-refractivity contribution >= 4 is 23.2 Å². The SMILES string of the molecule is COc1ccccc1-c1nc(NC(=O)c2csc(Cc3ccccc3)n2)n[nH]1. The number of amides is 1. The standard InChI is InChI=1S/C20H17N5O2S/c1-27-16-10-6-5-9-14(16)18-22-20(25-24-18)23-19(26)15-12-28-17(21-15)11-13-7-3-2-4-8-13/h2-10,12H,11H2,1H3,(H2,22,23,24,25,26). The molecule has 0 unspecified atom stereocenters. The number of hydrogen-bond donors (Lipinski definition) is 2. The van der Waals surface area contributed by atoms with Crippen molar-refractivity contribution in [2.24, 2.45) is 0 Å². The second-order valence-corrected chi connectivity index (χ2v) is 6.89. The normalized spacial score (nSPS) is 10.6. The smallest absolute Gasteiger partial charge is 0.277 e. The van der Waals surface area contributed by atoms with E-state index in [-0.39, 0.29) is 11.9 Å². The van der Waals surface area contributed by atoms with Gasteiger partial charge in [0.1, 0.15) is 11.4 Å². The summed E-state index contributed by atoms with van der Waals surface area (Å²) in [6.45, 7) is 0. The Morgan fingerprint density at radius 2 is 1.89 bits per heavy atom. The number of rotatable bonds is 6. The summed E-state index contributed by atoms with van der Waals surface area (Å²) < 4.78 is 5.33. The molecule has 0 fully saturated rings. The first-order valence-electron chi connectivity index (χ1n) is 8.58. The Labute approximate surface area is 165 Å². The van der Waals surface area contributed by atoms with Crippen LogP contribution < -0.4 is 10.1 Å². The molecule has 0 atom stereocenters. The summed E-state index contributed by atoms with van der Waals surface area (Å²) in [5.41, 5.74) is 2.26. The first-order valence-corrected chi connectivity index (χ1v) is 9.46. The Morgan fingerprint density at radius 3 is 2.71 bits per heavy atom. The molecule has 2 N–H and O–H groups in total. The van der Waals surface area contributed by atoms with Crippen molar-refractivity contribution in [2.45, 2.75) is 6.42 Å². The van der Waals surface area contributed by atoms with Crippen LogP contribution >= 0.6 is 11.3 Å². The van der Waals surface area contributed by atoms with Gasteiger partial charge >= 0.3 is 0 Å². The van der Waals surface area contributed by atoms with Crippen molar-refractivity contribution in [3.63, 3.8) is 0 Å². The number of carbonyl (C=O) groups is 1. The van der Waals surface area contributed by atoms with Gasteiger partial charge < -0.3 is 4.74 Å². The van der Waals surface area contributed by atoms with Crippen LogP contribution in [0.3, 0.4) is 0 Å². The summed E-state index contributed by atoms with van der Waals surface area (Å²) in [6, 6.07) is 17.5. The largest absolute Gasteiger partial charge is 0.496 e. The molecule has 0 bridgehead atoms. The molecule has 0 saturated carbocycles. The molecule has 2 aromatic heterocycles. The van der Waals surface area contributed by atoms with Gasteiger partial charge in [0.15, 0.2) is 5.82 Å². The summed E-state index contributed by atoms with van der Waals surface area (Å²) in [6.07, 6.45) is 0.692. The van der Waals surface area contributed by atoms with E-state index in [0.717, 1.165) is 16.1 Å². The van der Waals surface area contributed by atoms with Crippen molar-refractivity contribution in [1.82, 2.24) is 20.2 Å². The zero-order valence-electron chi connectivity index (χ0n) is 15.0. The average molecular weight is 391 g/mol. The van der Waals surface area contributed by atoms with E-state index in [0.29, 0.717) is 23.7 Å². The van der Waals surface area contributed by atoms with Crippen LogP contribution in [0.25, 0.3) is 11.4 Å². The lowest BCUT2D eigenvalue weighted by Crippen LogP contribution is -2.13. The number of H-pyrrole nitrogens is 1. The maximum absolute atomic E-state index is 12.5. The molecular formula is C20H17N5O2S. The minimum atomic E-state index is -0.346. The zero-order chi connectivity index (χ0) is 19.3. The third-order valence-corrected chi connectivity index (χ3v) is 4.90. The van der Waals surface area contributed by atoms with Crippen LogP contribution in [0.5, 0.6) is 5.75 Å². The monoisotopic (exact) mass is 391 g/mol. The van der Waals surface area contributed by atoms with Crippen molar-refractivity contribution < 1.29 is 9.53 Å². The number of ether oxygens (including phenoxy) is 1. The third kappa shape index (κ3) is 3.91. The predicted molar refractivity (Wildman–Crippen MR) is 108 cm³/mol. The summed E-state index contributed by atoms with van der Waals surface area (Å²) >= 11 is 1.45. The third-order valence-electron chi connectivity index (χ3n) is 4.06. The van der Waals surface area contributed by atoms with Gasteiger partial charge in [0.25, 0.3) is 5.91 Å². The number of aromatic nitrogens is 4. The van der Waals surface area contributed by atoms with Crippen LogP contribution in [0.4, 0.5) is 5.95 Å². The average Bonchev–Trinajstić information content (AvgIpc) is 3.38. The van der Waals surface area contributed by atoms with Crippen molar-refractivity contribution in [3.05, 3.63) is 76.2 Å². The van der Waals surface area contributed by atoms with Gasteiger partial charge in [-0.2, -0.15) is 4.98 Å². The summed E-state index contributed by atoms with van der Waals surface area (Å²) in [4.78, 5) is 21.2. The summed E-state index contributed by atoms with van der Waals surface area (Å²) in [5.74, 6) is 1.02. The molecular weight excluding hydrogens is 374 g/mol. The van der Waals surface area contributed by atoms with E-state index in [9.17, 15) is 4.79 Å². The molecule has 140 valence electrons. The fourth-order valence-electron chi connectivity index (χ4n) is 2.71. The Hall–Kier alpha value is -3.52. The Kier molecular flexibility index (Phi) is 5.11. The highest BCUT2D eigenvalue weighted by atomic mass is 32.1. The van der Waals surface area contributed by atoms with E-state index in [1.807, 2.05) is 54.6 Å². The quantitative estimate of drug-likeness (QED) is 0.522. The predicted octanol–water partition coefficient (Wildman–Crippen LogP) is 3.78. The minimum Gasteiger partial charge on any atom is -0.496 e. The van der Waals surface area contributed by atoms with Gasteiger partial charge in [0.2, 0.25) is 5.95 Å². The molecule has 0 aliphatic carbocycles. The number of nitrogens with zero attached hydrogens (tertiary/aromatic N) is 3. The van der Waals surface area contributed by atoms with Gasteiger partial charge in [-0.3, -0.25) is 15.2 Å². The number of para-hydroxylation sites is 1. The first-order chi connectivity index (χ1) is 13.7. The summed E-state index contributed by atoms with van der Waals surface area (Å²) in [5, 5.41) is 12.2. The number of nitrogens with one attached hydrogen (secondary N) is 2. The molecule has 0 radical (unpaired) electrons. The van der Waals surface area contributed by atoms with Gasteiger partial charge in [0.05, 0.1) is 17.7 Å². The molecule has 0 saturated heterocycles. The Bertz CT molecular complexity index is 1090. The van der Waals surface area contributed by atoms with E-state index in [1.54, 1.807) is 12.5 Å². The number of aromatic amines is 1. The van der Waals surface area contributed by atoms with Crippen LogP contribution in [0.1, 0.15) is 21.1 Å². The first kappa shape index (κ1) is 17.9. The lowest BCUT2D eigenvalue weighted by Gasteiger charge is -2.04. The maximum atomic E-state index is 12.5. The van der Waals surface area contributed by atoms with Crippen LogP contribution in [0.2, 0.25) is 0 Å². The fraction of sp³-hybridized carbons (Fsp3) is 0.100. The molecule has 0 aliphatic rings. The van der Waals surface area contributed by atoms with Crippen LogP contribution in [0, 0.1) is 0 Å². The van der Waals surface area contributed by atoms with E-state index >= 15 is 0 Å². The van der Waals surface area contributed by atoms with E-state index in [2.05, 4.69) is 25.5 Å². The second kappa shape index (κ2) is 8.01. The van der Waals surface area contributed by atoms with Crippen LogP contribution in [0.15, 0.2) is 60.0 Å². The topological polar surface area (TPSA) is 92.8 Å². The van der Waals surface area contributed by atoms with Gasteiger partial charge in [-0.25, -0.2) is 4.98 Å². The lowest BCUT2D eigenvalue weighted by molar-refractivity contribution is 0.102. The molecule has 2 aromatic carbocycles. The number of methoxy groups -OCH3 is 1. The summed E-state index contributed by atoms with van der Waals surface area (Å²) in [7, 11) is 1.59. The van der Waals surface area contributed by atoms with E-state index < -0.39 is 0 Å². The molecule has 8 heteroatoms. The molecule has 2 heterocycles. The van der Waals surface area contributed by atoms with Crippen LogP contribution in [-0.4, -0.2) is 33.2 Å². The highest BCUT2D eigenvalue weighted by molar-refractivity contribution is 7.09. The highest BCUT2D eigenvalue weighted by Crippen LogP contribution is 2.27. The van der Waals surface area contributed by atoms with Crippen molar-refractivity contribution in [1.29, 1.82) is 0 Å². The van der Waals surface area contributed by atoms with Gasteiger partial charge in [-0.05, 0) is 17.7 Å². The van der Waals surface area contributed by atoms with E-state index in [4.69, 9.17) is 4.74 Å². The Balaban J connectivity index is 1.45. The number of thiazole rings is 1. The minimum absolute atomic E-state index is 0.184. The molecule has 0 aliphatic heterocycles. The van der Waals surface area contributed by atoms with E-state index in [1.165, 1.54) is 11.3 Å². The zero-order valence-corrected chi connectivity index (χ0v) is 15.9. The molecule has 4 rings (SSSR count). The fourth-order valence-corrected chi connectivity index (χ4v) is 3.52. The number of anilines is 1. The lowest BCUT2D eigenvalue weighted by atomic mass is 10.2. The molecule has 0 spiro atoms. The maximum Gasteiger partial charge on any atom is 0.277 e. The second-order valence-electron chi connectivity index (χ2n) is 5.95. The number of carbonyl (C=O) groups excluding carboxylic acids is 1. The van der Waals surface area contributed by atoms with Gasteiger partial charge in [-0.1, -0.05) is 42.5 Å². The molecule has 4 aromatic rings. The van der Waals surface area contributed by atoms with Gasteiger partial charge in [0, 0.05) is 11.8 Å². The molecule has 28 heavy (non-hydrogen) atoms.